The van der Waals surface area contributed by atoms with Gasteiger partial charge in [-0.15, -0.1) is 0 Å². The van der Waals surface area contributed by atoms with Gasteiger partial charge in [-0.3, -0.25) is 0 Å². The van der Waals surface area contributed by atoms with Crippen molar-refractivity contribution >= 4 is 11.4 Å². The average Bonchev–Trinajstić information content (AvgIpc) is 2.81. The molecule has 0 aromatic heterocycles. The largest absolute Gasteiger partial charge is 0.338 e. The number of rotatable bonds is 4. The molecule has 0 aliphatic carbocycles. The van der Waals surface area contributed by atoms with Crippen molar-refractivity contribution in [3.63, 3.8) is 0 Å². The molecule has 2 atom stereocenters. The number of fused-ring (bicyclic) bond motifs is 1. The van der Waals surface area contributed by atoms with Crippen molar-refractivity contribution in [1.29, 1.82) is 0 Å². The summed E-state index contributed by atoms with van der Waals surface area (Å²) in [7, 11) is 0. The molecule has 0 saturated heterocycles. The van der Waals surface area contributed by atoms with E-state index in [-0.39, 0.29) is 0 Å². The maximum atomic E-state index is 2.57. The molecule has 0 radical (unpaired) electrons. The molecule has 0 saturated carbocycles. The van der Waals surface area contributed by atoms with Gasteiger partial charge in [-0.2, -0.15) is 0 Å². The summed E-state index contributed by atoms with van der Waals surface area (Å²) in [6, 6.07) is 18.4. The van der Waals surface area contributed by atoms with Crippen molar-refractivity contribution < 1.29 is 0 Å². The minimum Gasteiger partial charge on any atom is -0.338 e. The highest BCUT2D eigenvalue weighted by molar-refractivity contribution is 5.73. The van der Waals surface area contributed by atoms with Crippen molar-refractivity contribution in [2.45, 2.75) is 52.0 Å². The van der Waals surface area contributed by atoms with Gasteiger partial charge in [-0.05, 0) is 49.1 Å². The molecule has 0 N–H and O–H groups in total. The predicted molar refractivity (Wildman–Crippen MR) is 91.5 cm³/mol. The molecule has 0 spiro atoms. The number of hydrogen-bond donors (Lipinski definition) is 0. The lowest BCUT2D eigenvalue weighted by molar-refractivity contribution is 0.506. The minimum atomic E-state index is 0.587. The molecule has 110 valence electrons. The Morgan fingerprint density at radius 2 is 1.76 bits per heavy atom. The van der Waals surface area contributed by atoms with E-state index in [0.29, 0.717) is 12.0 Å². The summed E-state index contributed by atoms with van der Waals surface area (Å²) in [6.07, 6.45) is 3.71. The highest BCUT2D eigenvalue weighted by Crippen LogP contribution is 2.48. The standard InChI is InChI=1S/C20H25N/c1-4-9-17-18-13-12-15(3)14-20(18)21(19(17)5-2)16-10-7-6-8-11-16/h6-8,10-14,17,19H,4-5,9H2,1-3H3. The molecule has 1 heterocycles. The summed E-state index contributed by atoms with van der Waals surface area (Å²) in [6.45, 7) is 6.81. The van der Waals surface area contributed by atoms with Gasteiger partial charge in [0.2, 0.25) is 0 Å². The van der Waals surface area contributed by atoms with Crippen LogP contribution >= 0.6 is 0 Å². The second-order valence-corrected chi connectivity index (χ2v) is 6.14. The summed E-state index contributed by atoms with van der Waals surface area (Å²) in [5.41, 5.74) is 5.64. The number of hydrogen-bond acceptors (Lipinski definition) is 1. The van der Waals surface area contributed by atoms with Crippen LogP contribution in [-0.2, 0) is 0 Å². The van der Waals surface area contributed by atoms with E-state index < -0.39 is 0 Å². The van der Waals surface area contributed by atoms with E-state index in [0.717, 1.165) is 0 Å². The van der Waals surface area contributed by atoms with Crippen molar-refractivity contribution in [1.82, 2.24) is 0 Å². The number of anilines is 2. The molecule has 0 fully saturated rings. The van der Waals surface area contributed by atoms with E-state index in [4.69, 9.17) is 0 Å². The van der Waals surface area contributed by atoms with E-state index in [2.05, 4.69) is 74.2 Å². The molecule has 1 aliphatic rings. The van der Waals surface area contributed by atoms with Gasteiger partial charge in [0.05, 0.1) is 0 Å². The van der Waals surface area contributed by atoms with Gasteiger partial charge in [0.1, 0.15) is 0 Å². The molecule has 1 nitrogen and oxygen atoms in total. The van der Waals surface area contributed by atoms with Crippen LogP contribution in [-0.4, -0.2) is 6.04 Å². The third-order valence-electron chi connectivity index (χ3n) is 4.69. The van der Waals surface area contributed by atoms with Crippen molar-refractivity contribution in [2.24, 2.45) is 0 Å². The maximum absolute atomic E-state index is 2.57. The Kier molecular flexibility index (Phi) is 4.01. The SMILES string of the molecule is CCCC1c2ccc(C)cc2N(c2ccccc2)C1CC. The highest BCUT2D eigenvalue weighted by Gasteiger charge is 2.37. The zero-order valence-electron chi connectivity index (χ0n) is 13.3. The fraction of sp³-hybridized carbons (Fsp3) is 0.400. The van der Waals surface area contributed by atoms with Gasteiger partial charge in [0.15, 0.2) is 0 Å². The fourth-order valence-electron chi connectivity index (χ4n) is 3.79. The van der Waals surface area contributed by atoms with Crippen molar-refractivity contribution in [3.8, 4) is 0 Å². The first-order valence-electron chi connectivity index (χ1n) is 8.21. The van der Waals surface area contributed by atoms with Crippen LogP contribution in [0.3, 0.4) is 0 Å². The molecular formula is C20H25N. The van der Waals surface area contributed by atoms with Crippen molar-refractivity contribution in [3.05, 3.63) is 59.7 Å². The molecule has 3 rings (SSSR count). The second kappa shape index (κ2) is 5.93. The van der Waals surface area contributed by atoms with Crippen LogP contribution in [0.5, 0.6) is 0 Å². The van der Waals surface area contributed by atoms with Gasteiger partial charge < -0.3 is 4.90 Å². The van der Waals surface area contributed by atoms with Crippen molar-refractivity contribution in [2.75, 3.05) is 4.90 Å². The molecule has 2 aromatic carbocycles. The minimum absolute atomic E-state index is 0.587. The van der Waals surface area contributed by atoms with Gasteiger partial charge in [0.25, 0.3) is 0 Å². The Bertz CT molecular complexity index is 602. The lowest BCUT2D eigenvalue weighted by Gasteiger charge is -2.30. The Morgan fingerprint density at radius 1 is 1.00 bits per heavy atom. The number of nitrogens with zero attached hydrogens (tertiary/aromatic N) is 1. The van der Waals surface area contributed by atoms with E-state index in [9.17, 15) is 0 Å². The first kappa shape index (κ1) is 14.2. The Morgan fingerprint density at radius 3 is 2.43 bits per heavy atom. The van der Waals surface area contributed by atoms with E-state index >= 15 is 0 Å². The van der Waals surface area contributed by atoms with Gasteiger partial charge >= 0.3 is 0 Å². The van der Waals surface area contributed by atoms with Crippen LogP contribution in [0.25, 0.3) is 0 Å². The molecule has 1 heteroatoms. The third-order valence-corrected chi connectivity index (χ3v) is 4.69. The third kappa shape index (κ3) is 2.46. The quantitative estimate of drug-likeness (QED) is 0.682. The molecule has 21 heavy (non-hydrogen) atoms. The van der Waals surface area contributed by atoms with Crippen LogP contribution in [0.1, 0.15) is 50.2 Å². The molecule has 2 unspecified atom stereocenters. The van der Waals surface area contributed by atoms with Crippen LogP contribution in [0.4, 0.5) is 11.4 Å². The fourth-order valence-corrected chi connectivity index (χ4v) is 3.79. The maximum Gasteiger partial charge on any atom is 0.0452 e. The predicted octanol–water partition coefficient (Wildman–Crippen LogP) is 5.81. The number of aryl methyl sites for hydroxylation is 1. The molecule has 0 bridgehead atoms. The Hall–Kier alpha value is -1.76. The van der Waals surface area contributed by atoms with Crippen LogP contribution in [0, 0.1) is 6.92 Å². The van der Waals surface area contributed by atoms with Crippen LogP contribution in [0.15, 0.2) is 48.5 Å². The van der Waals surface area contributed by atoms with Gasteiger partial charge in [-0.1, -0.05) is 50.6 Å². The summed E-state index contributed by atoms with van der Waals surface area (Å²) >= 11 is 0. The van der Waals surface area contributed by atoms with Gasteiger partial charge in [-0.25, -0.2) is 0 Å². The molecule has 2 aromatic rings. The van der Waals surface area contributed by atoms with E-state index in [1.807, 2.05) is 0 Å². The summed E-state index contributed by atoms with van der Waals surface area (Å²) in [5, 5.41) is 0. The zero-order valence-corrected chi connectivity index (χ0v) is 13.3. The highest BCUT2D eigenvalue weighted by atomic mass is 15.2. The van der Waals surface area contributed by atoms with Crippen LogP contribution < -0.4 is 4.90 Å². The van der Waals surface area contributed by atoms with Gasteiger partial charge in [0, 0.05) is 23.3 Å². The normalized spacial score (nSPS) is 20.6. The molecule has 1 aliphatic heterocycles. The number of para-hydroxylation sites is 1. The smallest absolute Gasteiger partial charge is 0.0452 e. The zero-order chi connectivity index (χ0) is 14.8. The molecular weight excluding hydrogens is 254 g/mol. The Balaban J connectivity index is 2.12. The lowest BCUT2D eigenvalue weighted by atomic mass is 9.89. The first-order valence-corrected chi connectivity index (χ1v) is 8.21. The van der Waals surface area contributed by atoms with E-state index in [1.54, 1.807) is 0 Å². The lowest BCUT2D eigenvalue weighted by Crippen LogP contribution is -2.29. The monoisotopic (exact) mass is 279 g/mol. The summed E-state index contributed by atoms with van der Waals surface area (Å²) in [5.74, 6) is 0.663. The summed E-state index contributed by atoms with van der Waals surface area (Å²) in [4.78, 5) is 2.57. The van der Waals surface area contributed by atoms with E-state index in [1.165, 1.54) is 41.8 Å². The average molecular weight is 279 g/mol. The summed E-state index contributed by atoms with van der Waals surface area (Å²) < 4.78 is 0. The Labute approximate surface area is 128 Å². The molecule has 0 amide bonds. The number of benzene rings is 2. The first-order chi connectivity index (χ1) is 10.3. The van der Waals surface area contributed by atoms with Crippen LogP contribution in [0.2, 0.25) is 0 Å². The second-order valence-electron chi connectivity index (χ2n) is 6.14. The topological polar surface area (TPSA) is 3.24 Å².